The molecule has 0 saturated heterocycles. The van der Waals surface area contributed by atoms with Crippen LogP contribution in [0, 0.1) is 0 Å². The van der Waals surface area contributed by atoms with Crippen LogP contribution in [0.4, 0.5) is 5.69 Å². The number of carbonyl (C=O) groups is 1. The Labute approximate surface area is 165 Å². The lowest BCUT2D eigenvalue weighted by Crippen LogP contribution is -2.30. The molecule has 5 nitrogen and oxygen atoms in total. The van der Waals surface area contributed by atoms with Gasteiger partial charge in [0.05, 0.1) is 25.8 Å². The average molecular weight is 425 g/mol. The van der Waals surface area contributed by atoms with Crippen molar-refractivity contribution in [2.24, 2.45) is 0 Å². The van der Waals surface area contributed by atoms with Crippen LogP contribution in [-0.4, -0.2) is 18.2 Å². The zero-order chi connectivity index (χ0) is 18.8. The van der Waals surface area contributed by atoms with Gasteiger partial charge in [-0.3, -0.25) is 4.79 Å². The van der Waals surface area contributed by atoms with Gasteiger partial charge in [-0.15, -0.1) is 0 Å². The predicted molar refractivity (Wildman–Crippen MR) is 107 cm³/mol. The van der Waals surface area contributed by atoms with Gasteiger partial charge in [0, 0.05) is 21.7 Å². The molecule has 0 saturated carbocycles. The fourth-order valence-corrected chi connectivity index (χ4v) is 3.85. The van der Waals surface area contributed by atoms with Gasteiger partial charge in [-0.2, -0.15) is 0 Å². The highest BCUT2D eigenvalue weighted by Crippen LogP contribution is 2.41. The van der Waals surface area contributed by atoms with Gasteiger partial charge in [0.25, 0.3) is 0 Å². The number of methoxy groups -OCH3 is 1. The van der Waals surface area contributed by atoms with Crippen LogP contribution in [0.2, 0.25) is 0 Å². The van der Waals surface area contributed by atoms with Crippen molar-refractivity contribution in [3.8, 4) is 5.75 Å². The highest BCUT2D eigenvalue weighted by molar-refractivity contribution is 9.15. The quantitative estimate of drug-likeness (QED) is 0.598. The normalized spacial score (nSPS) is 14.1. The van der Waals surface area contributed by atoms with Crippen LogP contribution in [0.25, 0.3) is 10.1 Å². The molecule has 1 aromatic heterocycles. The number of aromatic nitrogens is 1. The number of anilines is 1. The molecule has 0 spiro atoms. The largest absolute Gasteiger partial charge is 0.497 e. The second-order valence-electron chi connectivity index (χ2n) is 6.20. The van der Waals surface area contributed by atoms with E-state index in [0.29, 0.717) is 12.2 Å². The van der Waals surface area contributed by atoms with Crippen LogP contribution in [0.15, 0.2) is 65.4 Å². The molecule has 1 amide bonds. The molecule has 2 aromatic carbocycles. The fraction of sp³-hybridized carbons (Fsp3) is 0.143. The molecule has 2 heterocycles. The lowest BCUT2D eigenvalue weighted by atomic mass is 10.1. The van der Waals surface area contributed by atoms with E-state index >= 15 is 0 Å². The third-order valence-electron chi connectivity index (χ3n) is 4.57. The second-order valence-corrected chi connectivity index (χ2v) is 6.99. The number of nitrogens with zero attached hydrogens (tertiary/aromatic N) is 2. The smallest absolute Gasteiger partial charge is 0.231 e. The summed E-state index contributed by atoms with van der Waals surface area (Å²) >= 11 is 3.69. The summed E-state index contributed by atoms with van der Waals surface area (Å²) in [5, 5.41) is 4.02. The Morgan fingerprint density at radius 3 is 2.63 bits per heavy atom. The number of benzene rings is 2. The minimum atomic E-state index is 0.00529. The number of hydrogen-bond acceptors (Lipinski definition) is 4. The van der Waals surface area contributed by atoms with Gasteiger partial charge < -0.3 is 14.2 Å². The van der Waals surface area contributed by atoms with Crippen molar-refractivity contribution in [2.75, 3.05) is 12.0 Å². The van der Waals surface area contributed by atoms with E-state index in [4.69, 9.17) is 9.26 Å². The fourth-order valence-electron chi connectivity index (χ4n) is 3.17. The van der Waals surface area contributed by atoms with E-state index in [1.165, 1.54) is 6.26 Å². The van der Waals surface area contributed by atoms with Gasteiger partial charge in [-0.05, 0) is 39.7 Å². The van der Waals surface area contributed by atoms with Crippen LogP contribution in [0.1, 0.15) is 23.2 Å². The van der Waals surface area contributed by atoms with Gasteiger partial charge in [-0.25, -0.2) is 0 Å². The summed E-state index contributed by atoms with van der Waals surface area (Å²) in [6.45, 7) is 0.478. The molecule has 0 atom stereocenters. The van der Waals surface area contributed by atoms with E-state index in [0.717, 1.165) is 32.6 Å². The Hall–Kier alpha value is -2.86. The highest BCUT2D eigenvalue weighted by Gasteiger charge is 2.28. The maximum Gasteiger partial charge on any atom is 0.231 e. The lowest BCUT2D eigenvalue weighted by molar-refractivity contribution is -0.117. The number of para-hydroxylation sites is 1. The van der Waals surface area contributed by atoms with Crippen LogP contribution in [0.3, 0.4) is 0 Å². The number of amides is 1. The van der Waals surface area contributed by atoms with E-state index in [1.54, 1.807) is 13.2 Å². The lowest BCUT2D eigenvalue weighted by Gasteiger charge is -2.23. The van der Waals surface area contributed by atoms with Gasteiger partial charge in [0.2, 0.25) is 5.91 Å². The molecular weight excluding hydrogens is 408 g/mol. The topological polar surface area (TPSA) is 55.6 Å². The summed E-state index contributed by atoms with van der Waals surface area (Å²) in [5.41, 5.74) is 4.33. The number of hydrogen-bond donors (Lipinski definition) is 0. The first-order chi connectivity index (χ1) is 13.2. The van der Waals surface area contributed by atoms with Crippen molar-refractivity contribution in [1.82, 2.24) is 5.16 Å². The van der Waals surface area contributed by atoms with Gasteiger partial charge in [-0.1, -0.05) is 35.5 Å². The SMILES string of the molecule is COc1ccc(CN2C(=O)CC(c3ccon3)=C(Br)c3ccccc32)cc1. The Bertz CT molecular complexity index is 995. The summed E-state index contributed by atoms with van der Waals surface area (Å²) in [6.07, 6.45) is 1.75. The summed E-state index contributed by atoms with van der Waals surface area (Å²) < 4.78 is 11.1. The van der Waals surface area contributed by atoms with Gasteiger partial charge in [0.15, 0.2) is 0 Å². The van der Waals surface area contributed by atoms with E-state index < -0.39 is 0 Å². The van der Waals surface area contributed by atoms with Gasteiger partial charge in [0.1, 0.15) is 17.7 Å². The number of carbonyl (C=O) groups excluding carboxylic acids is 1. The maximum absolute atomic E-state index is 13.1. The maximum atomic E-state index is 13.1. The van der Waals surface area contributed by atoms with Crippen LogP contribution < -0.4 is 9.64 Å². The summed E-state index contributed by atoms with van der Waals surface area (Å²) in [7, 11) is 1.64. The summed E-state index contributed by atoms with van der Waals surface area (Å²) in [4.78, 5) is 15.0. The number of ether oxygens (including phenoxy) is 1. The highest BCUT2D eigenvalue weighted by atomic mass is 79.9. The Kier molecular flexibility index (Phi) is 4.81. The van der Waals surface area contributed by atoms with E-state index in [9.17, 15) is 4.79 Å². The molecule has 4 rings (SSSR count). The number of halogens is 1. The second kappa shape index (κ2) is 7.40. The van der Waals surface area contributed by atoms with Gasteiger partial charge >= 0.3 is 0 Å². The van der Waals surface area contributed by atoms with Crippen LogP contribution in [-0.2, 0) is 11.3 Å². The molecule has 1 aliphatic heterocycles. The first kappa shape index (κ1) is 17.5. The molecule has 27 heavy (non-hydrogen) atoms. The predicted octanol–water partition coefficient (Wildman–Crippen LogP) is 4.88. The van der Waals surface area contributed by atoms with Crippen molar-refractivity contribution in [2.45, 2.75) is 13.0 Å². The number of fused-ring (bicyclic) bond motifs is 1. The van der Waals surface area contributed by atoms with Crippen molar-refractivity contribution >= 4 is 37.6 Å². The molecule has 136 valence electrons. The van der Waals surface area contributed by atoms with Crippen LogP contribution in [0.5, 0.6) is 5.75 Å². The van der Waals surface area contributed by atoms with Crippen molar-refractivity contribution < 1.29 is 14.1 Å². The Morgan fingerprint density at radius 1 is 1.15 bits per heavy atom. The summed E-state index contributed by atoms with van der Waals surface area (Å²) in [5.74, 6) is 0.796. The third kappa shape index (κ3) is 3.40. The minimum Gasteiger partial charge on any atom is -0.497 e. The molecule has 0 N–H and O–H groups in total. The molecule has 0 unspecified atom stereocenters. The zero-order valence-corrected chi connectivity index (χ0v) is 16.3. The van der Waals surface area contributed by atoms with Crippen molar-refractivity contribution in [1.29, 1.82) is 0 Å². The average Bonchev–Trinajstić information content (AvgIpc) is 3.21. The standard InChI is InChI=1S/C21H17BrN2O3/c1-26-15-8-6-14(7-9-15)13-24-19-5-3-2-4-16(19)21(22)17(12-20(24)25)18-10-11-27-23-18/h2-11H,12-13H2,1H3. The number of rotatable bonds is 4. The monoisotopic (exact) mass is 424 g/mol. The third-order valence-corrected chi connectivity index (χ3v) is 5.48. The molecule has 6 heteroatoms. The summed E-state index contributed by atoms with van der Waals surface area (Å²) in [6, 6.07) is 17.4. The first-order valence-electron chi connectivity index (χ1n) is 8.49. The van der Waals surface area contributed by atoms with E-state index in [2.05, 4.69) is 21.1 Å². The molecule has 1 aliphatic rings. The molecule has 3 aromatic rings. The molecule has 0 aliphatic carbocycles. The molecule has 0 radical (unpaired) electrons. The minimum absolute atomic E-state index is 0.00529. The van der Waals surface area contributed by atoms with Crippen molar-refractivity contribution in [3.05, 3.63) is 77.7 Å². The molecular formula is C21H17BrN2O3. The first-order valence-corrected chi connectivity index (χ1v) is 9.29. The zero-order valence-electron chi connectivity index (χ0n) is 14.7. The molecule has 0 bridgehead atoms. The van der Waals surface area contributed by atoms with Crippen LogP contribution >= 0.6 is 15.9 Å². The van der Waals surface area contributed by atoms with E-state index in [-0.39, 0.29) is 12.3 Å². The molecule has 0 fully saturated rings. The van der Waals surface area contributed by atoms with Crippen molar-refractivity contribution in [3.63, 3.8) is 0 Å². The Balaban J connectivity index is 1.75. The Morgan fingerprint density at radius 2 is 1.93 bits per heavy atom. The van der Waals surface area contributed by atoms with E-state index in [1.807, 2.05) is 53.4 Å².